The standard InChI is InChI=1S/C26H32N2O6.2C2H4O2.Co.K/c29-25-19-5-3-9-23(25)33-15-13-31-11-12-32-14-16-34-24-10-4-6-20(26(24)30)18-28-22-8-2-1-7-21(22)27-17-19;2*1-2(3)4;;/h3-6,9-10,17-18,21-22,29-30H,1-2,7-8,11-16H2;2*1H3,(H,3,4);;/q;;;;+1/p-1. The Hall–Kier alpha value is -2.02. The minimum Gasteiger partial charge on any atom is -0.550 e. The SMILES string of the molecule is CC(=O)O.CC(=O)[O-].Oc1c2cccc1OCCOCCOCCOc1cccc(c1O)C=NC1CCCCC1N=C2.[Co].[K+]. The van der Waals surface area contributed by atoms with Gasteiger partial charge in [-0.15, -0.1) is 0 Å². The average Bonchev–Trinajstić information content (AvgIpc) is 2.94. The van der Waals surface area contributed by atoms with Crippen molar-refractivity contribution < 1.29 is 117 Å². The fourth-order valence-electron chi connectivity index (χ4n) is 4.05. The molecule has 0 aromatic heterocycles. The van der Waals surface area contributed by atoms with E-state index < -0.39 is 11.9 Å². The Bertz CT molecular complexity index is 1100. The number of aromatic hydroxyl groups is 2. The van der Waals surface area contributed by atoms with Crippen LogP contribution in [0.4, 0.5) is 0 Å². The van der Waals surface area contributed by atoms with E-state index in [-0.39, 0.29) is 91.7 Å². The molecule has 2 aromatic carbocycles. The zero-order valence-electron chi connectivity index (χ0n) is 25.3. The van der Waals surface area contributed by atoms with Crippen LogP contribution < -0.4 is 66.0 Å². The maximum atomic E-state index is 10.6. The monoisotopic (exact) mass is 685 g/mol. The van der Waals surface area contributed by atoms with Crippen LogP contribution in [0.5, 0.6) is 23.0 Å². The molecule has 1 fully saturated rings. The number of benzene rings is 2. The summed E-state index contributed by atoms with van der Waals surface area (Å²) in [7, 11) is 0. The Kier molecular flexibility index (Phi) is 23.1. The van der Waals surface area contributed by atoms with E-state index in [0.29, 0.717) is 62.3 Å². The number of aliphatic imine (C=N–C) groups is 2. The van der Waals surface area contributed by atoms with E-state index >= 15 is 0 Å². The number of phenolic OH excluding ortho intramolecular Hbond substituents is 2. The summed E-state index contributed by atoms with van der Waals surface area (Å²) in [6.45, 7) is 4.27. The van der Waals surface area contributed by atoms with Gasteiger partial charge in [-0.05, 0) is 44.0 Å². The number of carbonyl (C=O) groups is 2. The van der Waals surface area contributed by atoms with Crippen LogP contribution in [0.15, 0.2) is 46.4 Å². The van der Waals surface area contributed by atoms with Gasteiger partial charge in [0.25, 0.3) is 5.97 Å². The maximum Gasteiger partial charge on any atom is 1.00 e. The van der Waals surface area contributed by atoms with Crippen molar-refractivity contribution >= 4 is 24.4 Å². The summed E-state index contributed by atoms with van der Waals surface area (Å²) >= 11 is 0. The summed E-state index contributed by atoms with van der Waals surface area (Å²) in [6.07, 6.45) is 7.41. The van der Waals surface area contributed by atoms with E-state index in [4.69, 9.17) is 48.7 Å². The first-order valence-electron chi connectivity index (χ1n) is 13.7. The predicted molar refractivity (Wildman–Crippen MR) is 154 cm³/mol. The van der Waals surface area contributed by atoms with Crippen molar-refractivity contribution in [1.82, 2.24) is 0 Å². The van der Waals surface area contributed by atoms with E-state index in [1.807, 2.05) is 24.3 Å². The molecule has 1 radical (unpaired) electrons. The Balaban J connectivity index is 0.00000166. The first-order valence-corrected chi connectivity index (χ1v) is 13.7. The predicted octanol–water partition coefficient (Wildman–Crippen LogP) is -0.400. The van der Waals surface area contributed by atoms with Gasteiger partial charge in [-0.25, -0.2) is 0 Å². The molecular weight excluding hydrogens is 646 g/mol. The molecule has 12 nitrogen and oxygen atoms in total. The molecule has 2 atom stereocenters. The fourth-order valence-corrected chi connectivity index (χ4v) is 4.05. The number of aliphatic carboxylic acids is 2. The number of fused-ring (bicyclic) bond motifs is 5. The van der Waals surface area contributed by atoms with E-state index in [9.17, 15) is 10.2 Å². The van der Waals surface area contributed by atoms with Gasteiger partial charge in [-0.3, -0.25) is 14.8 Å². The van der Waals surface area contributed by atoms with E-state index in [1.54, 1.807) is 24.6 Å². The van der Waals surface area contributed by atoms with E-state index in [1.165, 1.54) is 0 Å². The van der Waals surface area contributed by atoms with Crippen LogP contribution >= 0.6 is 0 Å². The molecule has 2 aromatic rings. The first kappa shape index (κ1) is 42.0. The molecule has 1 saturated carbocycles. The maximum absolute atomic E-state index is 10.6. The summed E-state index contributed by atoms with van der Waals surface area (Å²) in [4.78, 5) is 27.4. The normalized spacial score (nSPS) is 18.4. The molecule has 2 unspecified atom stereocenters. The topological polar surface area (TPSA) is 180 Å². The molecule has 0 amide bonds. The number of carboxylic acids is 2. The zero-order valence-corrected chi connectivity index (χ0v) is 29.4. The zero-order chi connectivity index (χ0) is 30.7. The van der Waals surface area contributed by atoms with Crippen molar-refractivity contribution in [1.29, 1.82) is 0 Å². The van der Waals surface area contributed by atoms with Crippen LogP contribution in [0.2, 0.25) is 0 Å². The summed E-state index contributed by atoms with van der Waals surface area (Å²) < 4.78 is 22.4. The number of hydrogen-bond acceptors (Lipinski definition) is 11. The molecule has 44 heavy (non-hydrogen) atoms. The van der Waals surface area contributed by atoms with Crippen LogP contribution in [0, 0.1) is 0 Å². The summed E-state index contributed by atoms with van der Waals surface area (Å²) in [5.74, 6) is -0.989. The fraction of sp³-hybridized carbons (Fsp3) is 0.467. The molecular formula is C30H39CoKN2O10. The van der Waals surface area contributed by atoms with Crippen LogP contribution in [-0.4, -0.2) is 91.4 Å². The quantitative estimate of drug-likeness (QED) is 0.309. The van der Waals surface area contributed by atoms with Crippen molar-refractivity contribution in [2.45, 2.75) is 51.6 Å². The number of hydrogen-bond donors (Lipinski definition) is 3. The largest absolute Gasteiger partial charge is 1.00 e. The molecule has 4 bridgehead atoms. The van der Waals surface area contributed by atoms with Crippen molar-refractivity contribution in [3.8, 4) is 23.0 Å². The third-order valence-electron chi connectivity index (χ3n) is 5.91. The minimum atomic E-state index is -1.08. The van der Waals surface area contributed by atoms with Crippen molar-refractivity contribution in [2.75, 3.05) is 39.6 Å². The van der Waals surface area contributed by atoms with Gasteiger partial charge in [0, 0.05) is 53.2 Å². The van der Waals surface area contributed by atoms with Crippen LogP contribution in [0.25, 0.3) is 0 Å². The van der Waals surface area contributed by atoms with Gasteiger partial charge >= 0.3 is 51.4 Å². The van der Waals surface area contributed by atoms with Crippen LogP contribution in [-0.2, 0) is 35.8 Å². The second-order valence-electron chi connectivity index (χ2n) is 9.30. The van der Waals surface area contributed by atoms with Gasteiger partial charge in [0.05, 0.1) is 38.5 Å². The number of nitrogens with zero attached hydrogens (tertiary/aromatic N) is 2. The van der Waals surface area contributed by atoms with E-state index in [2.05, 4.69) is 0 Å². The third kappa shape index (κ3) is 16.9. The Morgan fingerprint density at radius 1 is 0.750 bits per heavy atom. The molecule has 239 valence electrons. The van der Waals surface area contributed by atoms with Crippen LogP contribution in [0.1, 0.15) is 50.7 Å². The smallest absolute Gasteiger partial charge is 0.550 e. The molecule has 4 rings (SSSR count). The van der Waals surface area contributed by atoms with Crippen molar-refractivity contribution in [3.63, 3.8) is 0 Å². The number of phenols is 2. The Morgan fingerprint density at radius 2 is 1.09 bits per heavy atom. The van der Waals surface area contributed by atoms with Gasteiger partial charge < -0.3 is 44.2 Å². The first-order chi connectivity index (χ1) is 20.2. The molecule has 14 heteroatoms. The van der Waals surface area contributed by atoms with Gasteiger partial charge in [-0.2, -0.15) is 0 Å². The number of rotatable bonds is 0. The average molecular weight is 686 g/mol. The molecule has 0 saturated heterocycles. The minimum absolute atomic E-state index is 0. The van der Waals surface area contributed by atoms with Crippen LogP contribution in [0.3, 0.4) is 0 Å². The molecule has 1 aliphatic carbocycles. The number of carbonyl (C=O) groups excluding carboxylic acids is 1. The van der Waals surface area contributed by atoms with E-state index in [0.717, 1.165) is 39.5 Å². The van der Waals surface area contributed by atoms with Crippen molar-refractivity contribution in [2.24, 2.45) is 9.98 Å². The third-order valence-corrected chi connectivity index (χ3v) is 5.91. The summed E-state index contributed by atoms with van der Waals surface area (Å²) in [6, 6.07) is 10.7. The molecule has 1 aliphatic heterocycles. The summed E-state index contributed by atoms with van der Waals surface area (Å²) in [5, 5.41) is 37.6. The second kappa shape index (κ2) is 24.2. The molecule has 1 heterocycles. The summed E-state index contributed by atoms with van der Waals surface area (Å²) in [5.41, 5.74) is 1.20. The van der Waals surface area contributed by atoms with Gasteiger partial charge in [0.2, 0.25) is 0 Å². The van der Waals surface area contributed by atoms with Gasteiger partial charge in [0.1, 0.15) is 13.2 Å². The van der Waals surface area contributed by atoms with Crippen molar-refractivity contribution in [3.05, 3.63) is 47.5 Å². The molecule has 2 aliphatic rings. The molecule has 3 N–H and O–H groups in total. The number of ether oxygens (including phenoxy) is 4. The number of para-hydroxylation sites is 2. The number of carboxylic acid groups (broad SMARTS) is 2. The second-order valence-corrected chi connectivity index (χ2v) is 9.30. The van der Waals surface area contributed by atoms with Gasteiger partial charge in [0.15, 0.2) is 23.0 Å². The van der Waals surface area contributed by atoms with Gasteiger partial charge in [-0.1, -0.05) is 25.0 Å². The Labute approximate surface area is 310 Å². The molecule has 0 spiro atoms. The Morgan fingerprint density at radius 3 is 1.45 bits per heavy atom.